The number of rotatable bonds is 7. The maximum Gasteiger partial charge on any atom is 0.573 e. The van der Waals surface area contributed by atoms with Crippen LogP contribution in [0.3, 0.4) is 0 Å². The molecule has 0 radical (unpaired) electrons. The fraction of sp³-hybridized carbons (Fsp3) is 0.250. The Balaban J connectivity index is 1.77. The Morgan fingerprint density at radius 1 is 0.893 bits per heavy atom. The third-order valence-corrected chi connectivity index (χ3v) is 6.60. The Kier molecular flexibility index (Phi) is 5.30. The molecule has 0 amide bonds. The normalized spacial score (nSPS) is 15.2. The number of ether oxygens (including phenoxy) is 1. The SMILES string of the molecule is O=S(=O)(Nc1cccc(OC(F)(F)F)c1)c1ccc(S(=O)(=O)NC2CC2)cc1. The second-order valence-electron chi connectivity index (χ2n) is 6.05. The maximum absolute atomic E-state index is 12.4. The van der Waals surface area contributed by atoms with E-state index in [2.05, 4.69) is 14.2 Å². The van der Waals surface area contributed by atoms with Gasteiger partial charge in [0.15, 0.2) is 0 Å². The van der Waals surface area contributed by atoms with Crippen LogP contribution in [0.4, 0.5) is 18.9 Å². The lowest BCUT2D eigenvalue weighted by molar-refractivity contribution is -0.274. The summed E-state index contributed by atoms with van der Waals surface area (Å²) in [5, 5.41) is 0. The Labute approximate surface area is 159 Å². The van der Waals surface area contributed by atoms with Crippen LogP contribution in [0.25, 0.3) is 0 Å². The molecule has 0 aromatic heterocycles. The molecule has 0 unspecified atom stereocenters. The first kappa shape index (κ1) is 20.4. The van der Waals surface area contributed by atoms with Gasteiger partial charge in [0.1, 0.15) is 5.75 Å². The second kappa shape index (κ2) is 7.26. The highest BCUT2D eigenvalue weighted by molar-refractivity contribution is 7.92. The van der Waals surface area contributed by atoms with Crippen LogP contribution in [0.2, 0.25) is 0 Å². The summed E-state index contributed by atoms with van der Waals surface area (Å²) in [7, 11) is -7.88. The first-order chi connectivity index (χ1) is 12.9. The van der Waals surface area contributed by atoms with Gasteiger partial charge in [-0.1, -0.05) is 6.07 Å². The minimum absolute atomic E-state index is 0.0843. The predicted molar refractivity (Wildman–Crippen MR) is 93.7 cm³/mol. The molecule has 0 bridgehead atoms. The van der Waals surface area contributed by atoms with E-state index in [1.807, 2.05) is 0 Å². The van der Waals surface area contributed by atoms with Crippen LogP contribution >= 0.6 is 0 Å². The molecule has 28 heavy (non-hydrogen) atoms. The van der Waals surface area contributed by atoms with Crippen molar-refractivity contribution in [2.24, 2.45) is 0 Å². The summed E-state index contributed by atoms with van der Waals surface area (Å²) in [6.45, 7) is 0. The molecule has 152 valence electrons. The van der Waals surface area contributed by atoms with Crippen molar-refractivity contribution in [1.29, 1.82) is 0 Å². The van der Waals surface area contributed by atoms with Crippen molar-refractivity contribution >= 4 is 25.7 Å². The van der Waals surface area contributed by atoms with Gasteiger partial charge in [0.25, 0.3) is 10.0 Å². The van der Waals surface area contributed by atoms with E-state index in [0.29, 0.717) is 0 Å². The molecule has 1 aliphatic carbocycles. The molecule has 0 atom stereocenters. The molecule has 12 heteroatoms. The third kappa shape index (κ3) is 5.36. The van der Waals surface area contributed by atoms with E-state index in [1.54, 1.807) is 0 Å². The molecule has 7 nitrogen and oxygen atoms in total. The largest absolute Gasteiger partial charge is 0.573 e. The number of benzene rings is 2. The molecule has 3 rings (SSSR count). The van der Waals surface area contributed by atoms with E-state index in [9.17, 15) is 30.0 Å². The van der Waals surface area contributed by atoms with Crippen LogP contribution in [0.1, 0.15) is 12.8 Å². The predicted octanol–water partition coefficient (Wildman–Crippen LogP) is 2.83. The van der Waals surface area contributed by atoms with E-state index in [4.69, 9.17) is 0 Å². The molecule has 1 aliphatic rings. The number of hydrogen-bond acceptors (Lipinski definition) is 5. The summed E-state index contributed by atoms with van der Waals surface area (Å²) in [6, 6.07) is 8.73. The fourth-order valence-corrected chi connectivity index (χ4v) is 4.61. The Bertz CT molecular complexity index is 1060. The molecule has 0 spiro atoms. The molecule has 1 saturated carbocycles. The van der Waals surface area contributed by atoms with Gasteiger partial charge < -0.3 is 4.74 Å². The number of anilines is 1. The van der Waals surface area contributed by atoms with E-state index >= 15 is 0 Å². The van der Waals surface area contributed by atoms with Crippen molar-refractivity contribution in [3.63, 3.8) is 0 Å². The molecular formula is C16H15F3N2O5S2. The van der Waals surface area contributed by atoms with Crippen molar-refractivity contribution in [2.75, 3.05) is 4.72 Å². The van der Waals surface area contributed by atoms with Gasteiger partial charge in [-0.2, -0.15) is 0 Å². The Hall–Kier alpha value is -2.31. The summed E-state index contributed by atoms with van der Waals surface area (Å²) in [6.07, 6.45) is -3.40. The van der Waals surface area contributed by atoms with Gasteiger partial charge in [0.05, 0.1) is 15.5 Å². The van der Waals surface area contributed by atoms with Crippen molar-refractivity contribution in [3.05, 3.63) is 48.5 Å². The molecule has 2 aromatic carbocycles. The molecule has 0 aliphatic heterocycles. The molecule has 1 fully saturated rings. The van der Waals surface area contributed by atoms with Gasteiger partial charge in [-0.25, -0.2) is 21.6 Å². The van der Waals surface area contributed by atoms with Gasteiger partial charge in [0, 0.05) is 12.1 Å². The van der Waals surface area contributed by atoms with E-state index in [-0.39, 0.29) is 21.5 Å². The Morgan fingerprint density at radius 2 is 1.46 bits per heavy atom. The van der Waals surface area contributed by atoms with Gasteiger partial charge in [-0.15, -0.1) is 13.2 Å². The minimum Gasteiger partial charge on any atom is -0.406 e. The average Bonchev–Trinajstić information content (AvgIpc) is 3.36. The van der Waals surface area contributed by atoms with Gasteiger partial charge in [-0.3, -0.25) is 4.72 Å². The summed E-state index contributed by atoms with van der Waals surface area (Å²) >= 11 is 0. The van der Waals surface area contributed by atoms with Gasteiger partial charge in [-0.05, 0) is 49.2 Å². The summed E-state index contributed by atoms with van der Waals surface area (Å²) < 4.78 is 94.2. The lowest BCUT2D eigenvalue weighted by Gasteiger charge is -2.12. The molecule has 0 heterocycles. The number of sulfonamides is 2. The number of halogens is 3. The third-order valence-electron chi connectivity index (χ3n) is 3.66. The standard InChI is InChI=1S/C16H15F3N2O5S2/c17-16(18,19)26-13-3-1-2-12(10-13)21-28(24,25)15-8-6-14(7-9-15)27(22,23)20-11-4-5-11/h1-3,6-11,20-21H,4-5H2. The average molecular weight is 436 g/mol. The van der Waals surface area contributed by atoms with E-state index < -0.39 is 32.2 Å². The van der Waals surface area contributed by atoms with E-state index in [0.717, 1.165) is 49.2 Å². The van der Waals surface area contributed by atoms with Crippen LogP contribution in [-0.2, 0) is 20.0 Å². The first-order valence-electron chi connectivity index (χ1n) is 7.96. The minimum atomic E-state index is -4.91. The van der Waals surface area contributed by atoms with Crippen molar-refractivity contribution in [2.45, 2.75) is 35.0 Å². The summed E-state index contributed by atoms with van der Waals surface area (Å²) in [5.41, 5.74) is -0.145. The molecule has 2 aromatic rings. The highest BCUT2D eigenvalue weighted by atomic mass is 32.2. The van der Waals surface area contributed by atoms with Crippen LogP contribution in [0.15, 0.2) is 58.3 Å². The zero-order chi connectivity index (χ0) is 20.6. The summed E-state index contributed by atoms with van der Waals surface area (Å²) in [4.78, 5) is -0.334. The highest BCUT2D eigenvalue weighted by Crippen LogP contribution is 2.27. The van der Waals surface area contributed by atoms with Gasteiger partial charge >= 0.3 is 6.36 Å². The molecule has 2 N–H and O–H groups in total. The molecular weight excluding hydrogens is 421 g/mol. The van der Waals surface area contributed by atoms with Crippen LogP contribution in [0, 0.1) is 0 Å². The number of nitrogens with one attached hydrogen (secondary N) is 2. The Morgan fingerprint density at radius 3 is 2.00 bits per heavy atom. The smallest absolute Gasteiger partial charge is 0.406 e. The number of hydrogen-bond donors (Lipinski definition) is 2. The lowest BCUT2D eigenvalue weighted by Crippen LogP contribution is -2.25. The monoisotopic (exact) mass is 436 g/mol. The fourth-order valence-electron chi connectivity index (χ4n) is 2.26. The van der Waals surface area contributed by atoms with Crippen molar-refractivity contribution in [3.8, 4) is 5.75 Å². The second-order valence-corrected chi connectivity index (χ2v) is 9.44. The van der Waals surface area contributed by atoms with Gasteiger partial charge in [0.2, 0.25) is 10.0 Å². The zero-order valence-corrected chi connectivity index (χ0v) is 15.7. The first-order valence-corrected chi connectivity index (χ1v) is 10.9. The van der Waals surface area contributed by atoms with Crippen molar-refractivity contribution < 1.29 is 34.7 Å². The van der Waals surface area contributed by atoms with Crippen LogP contribution in [-0.4, -0.2) is 29.2 Å². The maximum atomic E-state index is 12.4. The summed E-state index contributed by atoms with van der Waals surface area (Å²) in [5.74, 6) is -0.583. The quantitative estimate of drug-likeness (QED) is 0.695. The van der Waals surface area contributed by atoms with E-state index in [1.165, 1.54) is 12.1 Å². The zero-order valence-electron chi connectivity index (χ0n) is 14.1. The van der Waals surface area contributed by atoms with Crippen molar-refractivity contribution in [1.82, 2.24) is 4.72 Å². The topological polar surface area (TPSA) is 102 Å². The van der Waals surface area contributed by atoms with Crippen LogP contribution < -0.4 is 14.2 Å². The number of alkyl halides is 3. The lowest BCUT2D eigenvalue weighted by atomic mass is 10.3. The molecule has 0 saturated heterocycles. The highest BCUT2D eigenvalue weighted by Gasteiger charge is 2.31. The van der Waals surface area contributed by atoms with Crippen LogP contribution in [0.5, 0.6) is 5.75 Å².